The standard InChI is InChI=1S/C16H15N3O3S/c1-10(11-4-5-12-13(7-11)21-9-20-12)17-8-15-18-19-16(22-15)14-3-2-6-23-14/h2-7,10,17H,8-9H2,1H3/t10-/m0/s1. The van der Waals surface area contributed by atoms with E-state index in [0.717, 1.165) is 21.9 Å². The SMILES string of the molecule is C[C@H](NCc1nnc(-c2cccs2)o1)c1ccc2c(c1)OCO2. The van der Waals surface area contributed by atoms with Crippen LogP contribution in [0.25, 0.3) is 10.8 Å². The van der Waals surface area contributed by atoms with E-state index >= 15 is 0 Å². The van der Waals surface area contributed by atoms with Gasteiger partial charge in [-0.2, -0.15) is 0 Å². The van der Waals surface area contributed by atoms with E-state index in [1.165, 1.54) is 0 Å². The fourth-order valence-electron chi connectivity index (χ4n) is 2.37. The lowest BCUT2D eigenvalue weighted by molar-refractivity contribution is 0.174. The quantitative estimate of drug-likeness (QED) is 0.774. The molecule has 0 amide bonds. The molecule has 6 nitrogen and oxygen atoms in total. The van der Waals surface area contributed by atoms with E-state index in [4.69, 9.17) is 13.9 Å². The lowest BCUT2D eigenvalue weighted by Crippen LogP contribution is -2.18. The van der Waals surface area contributed by atoms with Crippen LogP contribution in [0, 0.1) is 0 Å². The van der Waals surface area contributed by atoms with Gasteiger partial charge in [-0.15, -0.1) is 21.5 Å². The van der Waals surface area contributed by atoms with E-state index in [0.29, 0.717) is 18.3 Å². The Labute approximate surface area is 137 Å². The highest BCUT2D eigenvalue weighted by Crippen LogP contribution is 2.34. The van der Waals surface area contributed by atoms with E-state index in [9.17, 15) is 0 Å². The molecule has 1 atom stereocenters. The highest BCUT2D eigenvalue weighted by Gasteiger charge is 2.16. The maximum atomic E-state index is 5.67. The number of hydrogen-bond donors (Lipinski definition) is 1. The Balaban J connectivity index is 1.41. The molecule has 0 bridgehead atoms. The number of rotatable bonds is 5. The summed E-state index contributed by atoms with van der Waals surface area (Å²) in [7, 11) is 0. The number of hydrogen-bond acceptors (Lipinski definition) is 7. The average molecular weight is 329 g/mol. The van der Waals surface area contributed by atoms with E-state index in [2.05, 4.69) is 22.4 Å². The van der Waals surface area contributed by atoms with Crippen LogP contribution in [-0.4, -0.2) is 17.0 Å². The zero-order valence-corrected chi connectivity index (χ0v) is 13.3. The second-order valence-corrected chi connectivity index (χ2v) is 6.14. The Morgan fingerprint density at radius 2 is 2.13 bits per heavy atom. The molecule has 3 heterocycles. The summed E-state index contributed by atoms with van der Waals surface area (Å²) in [6.07, 6.45) is 0. The van der Waals surface area contributed by atoms with Crippen LogP contribution < -0.4 is 14.8 Å². The minimum Gasteiger partial charge on any atom is -0.454 e. The van der Waals surface area contributed by atoms with Crippen LogP contribution in [-0.2, 0) is 6.54 Å². The lowest BCUT2D eigenvalue weighted by Gasteiger charge is -2.13. The molecule has 7 heteroatoms. The molecule has 0 aliphatic carbocycles. The Morgan fingerprint density at radius 3 is 3.00 bits per heavy atom. The number of nitrogens with one attached hydrogen (secondary N) is 1. The van der Waals surface area contributed by atoms with Crippen LogP contribution in [0.2, 0.25) is 0 Å². The number of nitrogens with zero attached hydrogens (tertiary/aromatic N) is 2. The first-order valence-electron chi connectivity index (χ1n) is 7.29. The summed E-state index contributed by atoms with van der Waals surface area (Å²) in [4.78, 5) is 0.979. The fourth-order valence-corrected chi connectivity index (χ4v) is 3.01. The molecule has 1 aromatic carbocycles. The summed E-state index contributed by atoms with van der Waals surface area (Å²) < 4.78 is 16.4. The summed E-state index contributed by atoms with van der Waals surface area (Å²) in [5.74, 6) is 2.71. The van der Waals surface area contributed by atoms with Gasteiger partial charge >= 0.3 is 0 Å². The molecule has 0 unspecified atom stereocenters. The monoisotopic (exact) mass is 329 g/mol. The summed E-state index contributed by atoms with van der Waals surface area (Å²) >= 11 is 1.58. The van der Waals surface area contributed by atoms with Crippen molar-refractivity contribution < 1.29 is 13.9 Å². The fraction of sp³-hybridized carbons (Fsp3) is 0.250. The van der Waals surface area contributed by atoms with Crippen molar-refractivity contribution in [2.75, 3.05) is 6.79 Å². The molecule has 1 N–H and O–H groups in total. The van der Waals surface area contributed by atoms with Gasteiger partial charge in [-0.05, 0) is 36.1 Å². The van der Waals surface area contributed by atoms with Crippen LogP contribution in [0.15, 0.2) is 40.1 Å². The molecular weight excluding hydrogens is 314 g/mol. The maximum Gasteiger partial charge on any atom is 0.257 e. The number of benzene rings is 1. The smallest absolute Gasteiger partial charge is 0.257 e. The molecule has 0 saturated carbocycles. The van der Waals surface area contributed by atoms with Crippen LogP contribution in [0.3, 0.4) is 0 Å². The van der Waals surface area contributed by atoms with Crippen molar-refractivity contribution in [1.82, 2.24) is 15.5 Å². The molecule has 23 heavy (non-hydrogen) atoms. The van der Waals surface area contributed by atoms with Gasteiger partial charge < -0.3 is 19.2 Å². The van der Waals surface area contributed by atoms with Gasteiger partial charge in [0.25, 0.3) is 5.89 Å². The number of ether oxygens (including phenoxy) is 2. The summed E-state index contributed by atoms with van der Waals surface area (Å²) in [6, 6.07) is 9.99. The third-order valence-corrected chi connectivity index (χ3v) is 4.51. The lowest BCUT2D eigenvalue weighted by atomic mass is 10.1. The largest absolute Gasteiger partial charge is 0.454 e. The molecular formula is C16H15N3O3S. The summed E-state index contributed by atoms with van der Waals surface area (Å²) in [5.41, 5.74) is 1.12. The van der Waals surface area contributed by atoms with Crippen molar-refractivity contribution >= 4 is 11.3 Å². The van der Waals surface area contributed by atoms with E-state index in [1.807, 2.05) is 35.7 Å². The highest BCUT2D eigenvalue weighted by molar-refractivity contribution is 7.13. The molecule has 2 aromatic heterocycles. The zero-order valence-electron chi connectivity index (χ0n) is 12.5. The molecule has 0 fully saturated rings. The molecule has 0 radical (unpaired) electrons. The van der Waals surface area contributed by atoms with Crippen molar-refractivity contribution in [3.8, 4) is 22.3 Å². The van der Waals surface area contributed by atoms with E-state index in [1.54, 1.807) is 11.3 Å². The van der Waals surface area contributed by atoms with Gasteiger partial charge in [-0.1, -0.05) is 12.1 Å². The first-order chi connectivity index (χ1) is 11.3. The number of fused-ring (bicyclic) bond motifs is 1. The van der Waals surface area contributed by atoms with Crippen molar-refractivity contribution in [3.05, 3.63) is 47.2 Å². The first kappa shape index (κ1) is 14.2. The molecule has 4 rings (SSSR count). The van der Waals surface area contributed by atoms with Crippen LogP contribution in [0.1, 0.15) is 24.4 Å². The zero-order chi connectivity index (χ0) is 15.6. The van der Waals surface area contributed by atoms with Crippen molar-refractivity contribution in [3.63, 3.8) is 0 Å². The minimum absolute atomic E-state index is 0.126. The van der Waals surface area contributed by atoms with Crippen molar-refractivity contribution in [1.29, 1.82) is 0 Å². The highest BCUT2D eigenvalue weighted by atomic mass is 32.1. The second-order valence-electron chi connectivity index (χ2n) is 5.19. The van der Waals surface area contributed by atoms with Crippen LogP contribution in [0.5, 0.6) is 11.5 Å². The van der Waals surface area contributed by atoms with Crippen molar-refractivity contribution in [2.24, 2.45) is 0 Å². The Kier molecular flexibility index (Phi) is 3.72. The Morgan fingerprint density at radius 1 is 1.22 bits per heavy atom. The third-order valence-electron chi connectivity index (χ3n) is 3.65. The van der Waals surface area contributed by atoms with Gasteiger partial charge in [0.2, 0.25) is 12.7 Å². The van der Waals surface area contributed by atoms with Crippen LogP contribution >= 0.6 is 11.3 Å². The Bertz CT molecular complexity index is 801. The molecule has 118 valence electrons. The Hall–Kier alpha value is -2.38. The van der Waals surface area contributed by atoms with Gasteiger partial charge in [-0.3, -0.25) is 0 Å². The predicted octanol–water partition coefficient (Wildman–Crippen LogP) is 3.38. The van der Waals surface area contributed by atoms with Gasteiger partial charge in [0.05, 0.1) is 11.4 Å². The molecule has 0 spiro atoms. The van der Waals surface area contributed by atoms with Gasteiger partial charge in [0.15, 0.2) is 11.5 Å². The third kappa shape index (κ3) is 2.93. The van der Waals surface area contributed by atoms with E-state index in [-0.39, 0.29) is 12.8 Å². The second kappa shape index (κ2) is 6.02. The van der Waals surface area contributed by atoms with Gasteiger partial charge in [0.1, 0.15) is 0 Å². The topological polar surface area (TPSA) is 69.4 Å². The molecule has 1 aliphatic rings. The predicted molar refractivity (Wildman–Crippen MR) is 85.4 cm³/mol. The first-order valence-corrected chi connectivity index (χ1v) is 8.17. The maximum absolute atomic E-state index is 5.67. The molecule has 0 saturated heterocycles. The van der Waals surface area contributed by atoms with E-state index < -0.39 is 0 Å². The summed E-state index contributed by atoms with van der Waals surface area (Å²) in [5, 5.41) is 13.5. The normalized spacial score (nSPS) is 14.1. The molecule has 3 aromatic rings. The average Bonchev–Trinajstić information content (AvgIpc) is 3.32. The summed E-state index contributed by atoms with van der Waals surface area (Å²) in [6.45, 7) is 2.87. The number of aromatic nitrogens is 2. The van der Waals surface area contributed by atoms with Crippen LogP contribution in [0.4, 0.5) is 0 Å². The van der Waals surface area contributed by atoms with Gasteiger partial charge in [0, 0.05) is 6.04 Å². The number of thiophene rings is 1. The molecule has 1 aliphatic heterocycles. The van der Waals surface area contributed by atoms with Gasteiger partial charge in [-0.25, -0.2) is 0 Å². The minimum atomic E-state index is 0.126. The van der Waals surface area contributed by atoms with Crippen molar-refractivity contribution in [2.45, 2.75) is 19.5 Å².